The molecule has 0 saturated heterocycles. The molecule has 0 amide bonds. The Kier molecular flexibility index (Phi) is 2.89. The maximum Gasteiger partial charge on any atom is 0.257 e. The Morgan fingerprint density at radius 3 is 3.06 bits per heavy atom. The van der Waals surface area contributed by atoms with E-state index in [0.29, 0.717) is 17.4 Å². The zero-order valence-electron chi connectivity index (χ0n) is 8.67. The largest absolute Gasteiger partial charge is 0.334 e. The van der Waals surface area contributed by atoms with Crippen LogP contribution in [-0.4, -0.2) is 16.2 Å². The summed E-state index contributed by atoms with van der Waals surface area (Å²) in [5.74, 6) is 1.08. The minimum absolute atomic E-state index is 0.430. The Morgan fingerprint density at radius 1 is 1.50 bits per heavy atom. The number of benzene rings is 1. The Balaban J connectivity index is 2.39. The van der Waals surface area contributed by atoms with Gasteiger partial charge in [-0.3, -0.25) is 0 Å². The Labute approximate surface area is 91.8 Å². The minimum Gasteiger partial charge on any atom is -0.334 e. The van der Waals surface area contributed by atoms with Crippen LogP contribution in [0, 0.1) is 0 Å². The summed E-state index contributed by atoms with van der Waals surface area (Å²) in [5.41, 5.74) is 1.26. The van der Waals surface area contributed by atoms with E-state index in [1.807, 2.05) is 13.0 Å². The number of carbonyl (C=O) groups excluding carboxylic acids is 1. The summed E-state index contributed by atoms with van der Waals surface area (Å²) in [4.78, 5) is 17.8. The third-order valence-electron chi connectivity index (χ3n) is 2.05. The first-order valence-corrected chi connectivity index (χ1v) is 4.84. The van der Waals surface area contributed by atoms with Gasteiger partial charge in [0, 0.05) is 12.0 Å². The summed E-state index contributed by atoms with van der Waals surface area (Å²) in [7, 11) is 0. The van der Waals surface area contributed by atoms with E-state index in [4.69, 9.17) is 4.52 Å². The fourth-order valence-corrected chi connectivity index (χ4v) is 1.28. The third kappa shape index (κ3) is 2.04. The van der Waals surface area contributed by atoms with Gasteiger partial charge in [-0.2, -0.15) is 9.98 Å². The standard InChI is InChI=1S/C11H9N3O2/c1-2-10-13-11(16-14-10)8-4-3-5-9(6-8)12-7-15/h3-6H,2H2,1H3. The van der Waals surface area contributed by atoms with E-state index in [9.17, 15) is 4.79 Å². The van der Waals surface area contributed by atoms with Crippen molar-refractivity contribution >= 4 is 11.8 Å². The predicted octanol–water partition coefficient (Wildman–Crippen LogP) is 2.27. The SMILES string of the molecule is CCc1noc(-c2cccc(N=C=O)c2)n1. The molecule has 0 fully saturated rings. The summed E-state index contributed by atoms with van der Waals surface area (Å²) in [6.07, 6.45) is 2.21. The number of aryl methyl sites for hydroxylation is 1. The van der Waals surface area contributed by atoms with Crippen LogP contribution in [0.25, 0.3) is 11.5 Å². The second kappa shape index (κ2) is 4.51. The van der Waals surface area contributed by atoms with Crippen molar-refractivity contribution < 1.29 is 9.32 Å². The van der Waals surface area contributed by atoms with Gasteiger partial charge in [0.1, 0.15) is 0 Å². The van der Waals surface area contributed by atoms with Crippen molar-refractivity contribution in [3.63, 3.8) is 0 Å². The molecule has 0 spiro atoms. The number of aromatic nitrogens is 2. The average Bonchev–Trinajstić information content (AvgIpc) is 2.78. The van der Waals surface area contributed by atoms with Gasteiger partial charge in [0.05, 0.1) is 5.69 Å². The topological polar surface area (TPSA) is 68.3 Å². The Hall–Kier alpha value is -2.26. The fourth-order valence-electron chi connectivity index (χ4n) is 1.28. The molecule has 0 radical (unpaired) electrons. The normalized spacial score (nSPS) is 9.81. The molecule has 0 saturated carbocycles. The van der Waals surface area contributed by atoms with Crippen LogP contribution in [0.1, 0.15) is 12.7 Å². The smallest absolute Gasteiger partial charge is 0.257 e. The third-order valence-corrected chi connectivity index (χ3v) is 2.05. The monoisotopic (exact) mass is 215 g/mol. The second-order valence-corrected chi connectivity index (χ2v) is 3.12. The Bertz CT molecular complexity index is 542. The molecule has 2 aromatic rings. The number of nitrogens with zero attached hydrogens (tertiary/aromatic N) is 3. The van der Waals surface area contributed by atoms with Crippen LogP contribution in [0.5, 0.6) is 0 Å². The van der Waals surface area contributed by atoms with E-state index >= 15 is 0 Å². The molecular weight excluding hydrogens is 206 g/mol. The predicted molar refractivity (Wildman–Crippen MR) is 56.9 cm³/mol. The molecule has 5 nitrogen and oxygen atoms in total. The number of rotatable bonds is 3. The second-order valence-electron chi connectivity index (χ2n) is 3.12. The molecule has 0 N–H and O–H groups in total. The van der Waals surface area contributed by atoms with Crippen LogP contribution in [-0.2, 0) is 11.2 Å². The summed E-state index contributed by atoms with van der Waals surface area (Å²) >= 11 is 0. The molecule has 16 heavy (non-hydrogen) atoms. The van der Waals surface area contributed by atoms with Crippen molar-refractivity contribution in [2.24, 2.45) is 4.99 Å². The van der Waals surface area contributed by atoms with Gasteiger partial charge in [0.15, 0.2) is 5.82 Å². The van der Waals surface area contributed by atoms with Crippen molar-refractivity contribution in [2.45, 2.75) is 13.3 Å². The molecule has 1 aromatic carbocycles. The first-order valence-electron chi connectivity index (χ1n) is 4.84. The lowest BCUT2D eigenvalue weighted by molar-refractivity contribution is 0.423. The molecule has 0 aliphatic carbocycles. The summed E-state index contributed by atoms with van der Waals surface area (Å²) in [6.45, 7) is 1.95. The number of isocyanates is 1. The van der Waals surface area contributed by atoms with Crippen LogP contribution < -0.4 is 0 Å². The lowest BCUT2D eigenvalue weighted by Gasteiger charge is -1.94. The summed E-state index contributed by atoms with van der Waals surface area (Å²) < 4.78 is 5.07. The van der Waals surface area contributed by atoms with E-state index in [1.165, 1.54) is 6.08 Å². The highest BCUT2D eigenvalue weighted by Crippen LogP contribution is 2.22. The van der Waals surface area contributed by atoms with Crippen molar-refractivity contribution in [2.75, 3.05) is 0 Å². The molecule has 1 heterocycles. The van der Waals surface area contributed by atoms with Gasteiger partial charge >= 0.3 is 0 Å². The molecule has 0 aliphatic heterocycles. The van der Waals surface area contributed by atoms with Crippen molar-refractivity contribution in [3.8, 4) is 11.5 Å². The van der Waals surface area contributed by atoms with Gasteiger partial charge in [0.2, 0.25) is 6.08 Å². The van der Waals surface area contributed by atoms with Gasteiger partial charge in [0.25, 0.3) is 5.89 Å². The molecule has 0 bridgehead atoms. The molecule has 2 rings (SSSR count). The van der Waals surface area contributed by atoms with Gasteiger partial charge in [-0.1, -0.05) is 18.1 Å². The molecule has 1 aromatic heterocycles. The van der Waals surface area contributed by atoms with Crippen LogP contribution in [0.4, 0.5) is 5.69 Å². The van der Waals surface area contributed by atoms with E-state index < -0.39 is 0 Å². The van der Waals surface area contributed by atoms with Crippen molar-refractivity contribution in [1.82, 2.24) is 10.1 Å². The summed E-state index contributed by atoms with van der Waals surface area (Å²) in [6, 6.07) is 6.97. The van der Waals surface area contributed by atoms with Crippen molar-refractivity contribution in [1.29, 1.82) is 0 Å². The summed E-state index contributed by atoms with van der Waals surface area (Å²) in [5, 5.41) is 3.79. The maximum absolute atomic E-state index is 10.1. The number of hydrogen-bond acceptors (Lipinski definition) is 5. The van der Waals surface area contributed by atoms with Gasteiger partial charge in [-0.05, 0) is 18.2 Å². The van der Waals surface area contributed by atoms with E-state index in [1.54, 1.807) is 18.2 Å². The van der Waals surface area contributed by atoms with Crippen LogP contribution in [0.2, 0.25) is 0 Å². The van der Waals surface area contributed by atoms with Crippen LogP contribution in [0.3, 0.4) is 0 Å². The first-order chi connectivity index (χ1) is 7.83. The van der Waals surface area contributed by atoms with Crippen molar-refractivity contribution in [3.05, 3.63) is 30.1 Å². The zero-order valence-corrected chi connectivity index (χ0v) is 8.67. The first kappa shape index (κ1) is 10.3. The lowest BCUT2D eigenvalue weighted by atomic mass is 10.2. The van der Waals surface area contributed by atoms with E-state index in [-0.39, 0.29) is 0 Å². The average molecular weight is 215 g/mol. The minimum atomic E-state index is 0.430. The van der Waals surface area contributed by atoms with E-state index in [0.717, 1.165) is 12.0 Å². The number of hydrogen-bond donors (Lipinski definition) is 0. The molecular formula is C11H9N3O2. The highest BCUT2D eigenvalue weighted by Gasteiger charge is 2.07. The van der Waals surface area contributed by atoms with Crippen LogP contribution >= 0.6 is 0 Å². The van der Waals surface area contributed by atoms with E-state index in [2.05, 4.69) is 15.1 Å². The highest BCUT2D eigenvalue weighted by atomic mass is 16.5. The van der Waals surface area contributed by atoms with Gasteiger partial charge in [-0.15, -0.1) is 0 Å². The van der Waals surface area contributed by atoms with Crippen LogP contribution in [0.15, 0.2) is 33.8 Å². The van der Waals surface area contributed by atoms with Gasteiger partial charge < -0.3 is 4.52 Å². The molecule has 5 heteroatoms. The van der Waals surface area contributed by atoms with Gasteiger partial charge in [-0.25, -0.2) is 4.79 Å². The fraction of sp³-hybridized carbons (Fsp3) is 0.182. The Morgan fingerprint density at radius 2 is 2.38 bits per heavy atom. The maximum atomic E-state index is 10.1. The molecule has 0 unspecified atom stereocenters. The quantitative estimate of drug-likeness (QED) is 0.581. The lowest BCUT2D eigenvalue weighted by Crippen LogP contribution is -1.82. The number of aliphatic imine (C=N–C) groups is 1. The zero-order chi connectivity index (χ0) is 11.4. The molecule has 80 valence electrons. The molecule has 0 atom stereocenters. The highest BCUT2D eigenvalue weighted by molar-refractivity contribution is 5.61. The molecule has 0 aliphatic rings.